The van der Waals surface area contributed by atoms with E-state index >= 15 is 0 Å². The number of rotatable bonds is 7. The van der Waals surface area contributed by atoms with Crippen LogP contribution in [0.4, 0.5) is 0 Å². The lowest BCUT2D eigenvalue weighted by Gasteiger charge is -2.15. The summed E-state index contributed by atoms with van der Waals surface area (Å²) in [4.78, 5) is 0. The molecule has 0 spiro atoms. The van der Waals surface area contributed by atoms with E-state index in [1.807, 2.05) is 30.3 Å². The lowest BCUT2D eigenvalue weighted by Crippen LogP contribution is -2.24. The highest BCUT2D eigenvalue weighted by atomic mass is 35.5. The molecule has 1 unspecified atom stereocenters. The van der Waals surface area contributed by atoms with E-state index < -0.39 is 0 Å². The Hall–Kier alpha value is -0.930. The Morgan fingerprint density at radius 2 is 1.83 bits per heavy atom. The summed E-state index contributed by atoms with van der Waals surface area (Å²) < 4.78 is 5.94. The maximum atomic E-state index is 6.11. The smallest absolute Gasteiger partial charge is 0.124 e. The van der Waals surface area contributed by atoms with Gasteiger partial charge in [0.1, 0.15) is 12.4 Å². The lowest BCUT2D eigenvalue weighted by molar-refractivity contribution is 0.301. The van der Waals surface area contributed by atoms with E-state index in [4.69, 9.17) is 39.5 Å². The number of ether oxygens (including phenoxy) is 1. The number of hydrogen-bond donors (Lipinski definition) is 1. The van der Waals surface area contributed by atoms with Crippen LogP contribution in [0.1, 0.15) is 31.4 Å². The fraction of sp³-hybridized carbons (Fsp3) is 0.333. The van der Waals surface area contributed by atoms with E-state index in [-0.39, 0.29) is 0 Å². The van der Waals surface area contributed by atoms with E-state index in [9.17, 15) is 0 Å². The molecule has 23 heavy (non-hydrogen) atoms. The second-order valence-corrected chi connectivity index (χ2v) is 6.73. The van der Waals surface area contributed by atoms with Gasteiger partial charge in [-0.05, 0) is 49.2 Å². The first-order valence-corrected chi connectivity index (χ1v) is 8.71. The van der Waals surface area contributed by atoms with E-state index in [1.54, 1.807) is 6.07 Å². The van der Waals surface area contributed by atoms with Crippen LogP contribution in [0, 0.1) is 0 Å². The van der Waals surface area contributed by atoms with Gasteiger partial charge in [0.15, 0.2) is 0 Å². The van der Waals surface area contributed by atoms with Crippen molar-refractivity contribution in [2.45, 2.75) is 39.5 Å². The molecule has 0 aromatic heterocycles. The van der Waals surface area contributed by atoms with Crippen LogP contribution >= 0.6 is 34.8 Å². The van der Waals surface area contributed by atoms with Crippen molar-refractivity contribution in [3.63, 3.8) is 0 Å². The van der Waals surface area contributed by atoms with Crippen molar-refractivity contribution in [3.05, 3.63) is 62.6 Å². The average Bonchev–Trinajstić information content (AvgIpc) is 2.54. The van der Waals surface area contributed by atoms with Crippen molar-refractivity contribution < 1.29 is 4.74 Å². The highest BCUT2D eigenvalue weighted by Crippen LogP contribution is 2.26. The van der Waals surface area contributed by atoms with Gasteiger partial charge in [0.05, 0.1) is 10.0 Å². The molecule has 124 valence electrons. The largest absolute Gasteiger partial charge is 0.489 e. The van der Waals surface area contributed by atoms with Gasteiger partial charge in [0.2, 0.25) is 0 Å². The first-order valence-electron chi connectivity index (χ1n) is 7.58. The summed E-state index contributed by atoms with van der Waals surface area (Å²) in [5.41, 5.74) is 2.01. The van der Waals surface area contributed by atoms with Crippen molar-refractivity contribution in [1.82, 2.24) is 5.32 Å². The molecule has 2 rings (SSSR count). The van der Waals surface area contributed by atoms with Crippen LogP contribution in [0.5, 0.6) is 5.75 Å². The monoisotopic (exact) mass is 371 g/mol. The molecule has 2 aromatic rings. The summed E-state index contributed by atoms with van der Waals surface area (Å²) >= 11 is 18.1. The van der Waals surface area contributed by atoms with Gasteiger partial charge in [-0.15, -0.1) is 0 Å². The molecule has 0 saturated carbocycles. The third-order valence-electron chi connectivity index (χ3n) is 3.65. The molecule has 0 radical (unpaired) electrons. The third kappa shape index (κ3) is 5.58. The Morgan fingerprint density at radius 1 is 1.04 bits per heavy atom. The molecular formula is C18H20Cl3NO. The molecule has 0 aliphatic carbocycles. The van der Waals surface area contributed by atoms with Crippen LogP contribution in [-0.2, 0) is 13.2 Å². The topological polar surface area (TPSA) is 21.3 Å². The molecule has 2 nitrogen and oxygen atoms in total. The number of hydrogen-bond acceptors (Lipinski definition) is 2. The summed E-state index contributed by atoms with van der Waals surface area (Å²) in [6, 6.07) is 11.6. The Balaban J connectivity index is 2.07. The fourth-order valence-corrected chi connectivity index (χ4v) is 2.56. The molecule has 1 atom stereocenters. The van der Waals surface area contributed by atoms with Gasteiger partial charge in [-0.25, -0.2) is 0 Å². The van der Waals surface area contributed by atoms with Crippen LogP contribution in [0.25, 0.3) is 0 Å². The lowest BCUT2D eigenvalue weighted by atomic mass is 10.1. The molecule has 0 aliphatic heterocycles. The van der Waals surface area contributed by atoms with Crippen LogP contribution in [0.3, 0.4) is 0 Å². The minimum atomic E-state index is 0.425. The van der Waals surface area contributed by atoms with Crippen molar-refractivity contribution in [2.24, 2.45) is 0 Å². The molecule has 2 aromatic carbocycles. The molecule has 0 heterocycles. The second-order valence-electron chi connectivity index (χ2n) is 5.48. The Labute approximate surface area is 152 Å². The molecule has 0 aliphatic rings. The zero-order valence-corrected chi connectivity index (χ0v) is 15.5. The predicted octanol–water partition coefficient (Wildman–Crippen LogP) is 6.11. The van der Waals surface area contributed by atoms with Gasteiger partial charge < -0.3 is 10.1 Å². The number of benzene rings is 2. The van der Waals surface area contributed by atoms with Gasteiger partial charge >= 0.3 is 0 Å². The SMILES string of the molecule is CCC(C)NCc1cc(Cl)ccc1OCc1ccc(Cl)c(Cl)c1. The molecule has 0 saturated heterocycles. The second kappa shape index (κ2) is 8.79. The molecular weight excluding hydrogens is 353 g/mol. The molecule has 1 N–H and O–H groups in total. The first-order chi connectivity index (χ1) is 11.0. The molecule has 0 fully saturated rings. The van der Waals surface area contributed by atoms with Crippen LogP contribution in [-0.4, -0.2) is 6.04 Å². The van der Waals surface area contributed by atoms with Crippen molar-refractivity contribution >= 4 is 34.8 Å². The van der Waals surface area contributed by atoms with Crippen LogP contribution in [0.15, 0.2) is 36.4 Å². The van der Waals surface area contributed by atoms with E-state index in [0.717, 1.165) is 23.3 Å². The third-order valence-corrected chi connectivity index (χ3v) is 4.63. The summed E-state index contributed by atoms with van der Waals surface area (Å²) in [5.74, 6) is 0.816. The summed E-state index contributed by atoms with van der Waals surface area (Å²) in [6.45, 7) is 5.44. The van der Waals surface area contributed by atoms with E-state index in [0.29, 0.717) is 34.3 Å². The summed E-state index contributed by atoms with van der Waals surface area (Å²) in [5, 5.41) is 5.23. The fourth-order valence-electron chi connectivity index (χ4n) is 2.05. The van der Waals surface area contributed by atoms with Gasteiger partial charge in [-0.2, -0.15) is 0 Å². The maximum Gasteiger partial charge on any atom is 0.124 e. The van der Waals surface area contributed by atoms with Crippen molar-refractivity contribution in [1.29, 1.82) is 0 Å². The van der Waals surface area contributed by atoms with Gasteiger partial charge in [0, 0.05) is 23.2 Å². The van der Waals surface area contributed by atoms with Crippen LogP contribution < -0.4 is 10.1 Å². The van der Waals surface area contributed by atoms with Crippen molar-refractivity contribution in [2.75, 3.05) is 0 Å². The van der Waals surface area contributed by atoms with Gasteiger partial charge in [0.25, 0.3) is 0 Å². The zero-order valence-electron chi connectivity index (χ0n) is 13.2. The molecule has 0 bridgehead atoms. The minimum Gasteiger partial charge on any atom is -0.489 e. The molecule has 0 amide bonds. The molecule has 5 heteroatoms. The van der Waals surface area contributed by atoms with Gasteiger partial charge in [-0.1, -0.05) is 47.8 Å². The van der Waals surface area contributed by atoms with Crippen molar-refractivity contribution in [3.8, 4) is 5.75 Å². The van der Waals surface area contributed by atoms with E-state index in [1.165, 1.54) is 0 Å². The Bertz CT molecular complexity index is 661. The first kappa shape index (κ1) is 18.4. The summed E-state index contributed by atoms with van der Waals surface area (Å²) in [7, 11) is 0. The number of halogens is 3. The highest BCUT2D eigenvalue weighted by molar-refractivity contribution is 6.42. The van der Waals surface area contributed by atoms with Crippen LogP contribution in [0.2, 0.25) is 15.1 Å². The Morgan fingerprint density at radius 3 is 2.52 bits per heavy atom. The summed E-state index contributed by atoms with van der Waals surface area (Å²) in [6.07, 6.45) is 1.07. The predicted molar refractivity (Wildman–Crippen MR) is 98.8 cm³/mol. The van der Waals surface area contributed by atoms with E-state index in [2.05, 4.69) is 19.2 Å². The Kier molecular flexibility index (Phi) is 7.04. The average molecular weight is 373 g/mol. The minimum absolute atomic E-state index is 0.425. The standard InChI is InChI=1S/C18H20Cl3NO/c1-3-12(2)22-10-14-9-15(19)5-7-18(14)23-11-13-4-6-16(20)17(21)8-13/h4-9,12,22H,3,10-11H2,1-2H3. The quantitative estimate of drug-likeness (QED) is 0.632. The highest BCUT2D eigenvalue weighted by Gasteiger charge is 2.08. The zero-order chi connectivity index (χ0) is 16.8. The van der Waals surface area contributed by atoms with Gasteiger partial charge in [-0.3, -0.25) is 0 Å². The normalized spacial score (nSPS) is 12.2. The maximum absolute atomic E-state index is 6.11. The number of nitrogens with one attached hydrogen (secondary N) is 1.